The number of carboxylic acid groups (broad SMARTS) is 1. The van der Waals surface area contributed by atoms with E-state index in [4.69, 9.17) is 14.6 Å². The van der Waals surface area contributed by atoms with E-state index in [1.807, 2.05) is 20.8 Å². The molecule has 188 valence electrons. The van der Waals surface area contributed by atoms with Gasteiger partial charge in [0.15, 0.2) is 0 Å². The van der Waals surface area contributed by atoms with Crippen molar-refractivity contribution in [3.05, 3.63) is 24.3 Å². The molecule has 1 heterocycles. The molecule has 0 saturated carbocycles. The molecule has 1 saturated heterocycles. The molecule has 9 nitrogen and oxygen atoms in total. The molecule has 0 bridgehead atoms. The normalized spacial score (nSPS) is 14.6. The zero-order chi connectivity index (χ0) is 25.2. The van der Waals surface area contributed by atoms with Gasteiger partial charge in [-0.2, -0.15) is 17.5 Å². The maximum Gasteiger partial charge on any atom is 0.490 e. The number of carbonyl (C=O) groups excluding carboxylic acids is 1. The SMILES string of the molecule is CCOc1ccc(S(=O)(=O)N(CCC(=O)N2CCNCC2)C(C)C)cc1.O=C(O)C(F)(F)F. The molecule has 33 heavy (non-hydrogen) atoms. The fraction of sp³-hybridized carbons (Fsp3) is 0.600. The summed E-state index contributed by atoms with van der Waals surface area (Å²) < 4.78 is 64.5. The molecule has 13 heteroatoms. The fourth-order valence-corrected chi connectivity index (χ4v) is 4.58. The number of carbonyl (C=O) groups is 2. The molecule has 0 unspecified atom stereocenters. The molecule has 0 spiro atoms. The first kappa shape index (κ1) is 28.7. The second kappa shape index (κ2) is 12.8. The second-order valence-corrected chi connectivity index (χ2v) is 9.19. The average molecular weight is 498 g/mol. The lowest BCUT2D eigenvalue weighted by molar-refractivity contribution is -0.192. The highest BCUT2D eigenvalue weighted by atomic mass is 32.2. The number of benzene rings is 1. The number of carboxylic acids is 1. The number of ether oxygens (including phenoxy) is 1. The minimum atomic E-state index is -5.08. The summed E-state index contributed by atoms with van der Waals surface area (Å²) in [5.74, 6) is -2.12. The third-order valence-corrected chi connectivity index (χ3v) is 6.67. The van der Waals surface area contributed by atoms with Gasteiger partial charge in [0, 0.05) is 45.2 Å². The second-order valence-electron chi connectivity index (χ2n) is 7.30. The first-order valence-corrected chi connectivity index (χ1v) is 11.8. The van der Waals surface area contributed by atoms with E-state index in [0.29, 0.717) is 25.4 Å². The summed E-state index contributed by atoms with van der Waals surface area (Å²) in [6, 6.07) is 6.17. The van der Waals surface area contributed by atoms with Crippen LogP contribution in [0.2, 0.25) is 0 Å². The van der Waals surface area contributed by atoms with Crippen LogP contribution in [-0.4, -0.2) is 86.2 Å². The van der Waals surface area contributed by atoms with Gasteiger partial charge in [0.1, 0.15) is 5.75 Å². The molecule has 1 amide bonds. The van der Waals surface area contributed by atoms with Gasteiger partial charge in [-0.25, -0.2) is 13.2 Å². The van der Waals surface area contributed by atoms with Gasteiger partial charge in [0.05, 0.1) is 11.5 Å². The van der Waals surface area contributed by atoms with E-state index in [0.717, 1.165) is 13.1 Å². The Kier molecular flexibility index (Phi) is 11.1. The molecule has 1 aliphatic rings. The van der Waals surface area contributed by atoms with Crippen LogP contribution in [0.4, 0.5) is 13.2 Å². The van der Waals surface area contributed by atoms with E-state index in [1.54, 1.807) is 29.2 Å². The van der Waals surface area contributed by atoms with Gasteiger partial charge in [0.2, 0.25) is 15.9 Å². The Morgan fingerprint density at radius 1 is 1.18 bits per heavy atom. The summed E-state index contributed by atoms with van der Waals surface area (Å²) in [5.41, 5.74) is 0. The Hall–Kier alpha value is -2.38. The summed E-state index contributed by atoms with van der Waals surface area (Å²) in [6.45, 7) is 9.13. The van der Waals surface area contributed by atoms with Gasteiger partial charge in [-0.15, -0.1) is 0 Å². The van der Waals surface area contributed by atoms with Crippen LogP contribution in [0.5, 0.6) is 5.75 Å². The molecule has 0 aromatic heterocycles. The number of alkyl halides is 3. The van der Waals surface area contributed by atoms with Crippen LogP contribution in [0.25, 0.3) is 0 Å². The number of aliphatic carboxylic acids is 1. The summed E-state index contributed by atoms with van der Waals surface area (Å²) in [5, 5.41) is 10.3. The predicted octanol–water partition coefficient (Wildman–Crippen LogP) is 1.94. The van der Waals surface area contributed by atoms with Crippen LogP contribution in [-0.2, 0) is 19.6 Å². The third-order valence-electron chi connectivity index (χ3n) is 4.58. The van der Waals surface area contributed by atoms with E-state index < -0.39 is 22.2 Å². The molecule has 1 aromatic carbocycles. The first-order chi connectivity index (χ1) is 15.3. The summed E-state index contributed by atoms with van der Waals surface area (Å²) >= 11 is 0. The van der Waals surface area contributed by atoms with E-state index in [1.165, 1.54) is 4.31 Å². The van der Waals surface area contributed by atoms with Crippen LogP contribution in [0.3, 0.4) is 0 Å². The highest BCUT2D eigenvalue weighted by Gasteiger charge is 2.38. The number of hydrogen-bond acceptors (Lipinski definition) is 6. The largest absolute Gasteiger partial charge is 0.494 e. The number of halogens is 3. The maximum absolute atomic E-state index is 13.0. The lowest BCUT2D eigenvalue weighted by Gasteiger charge is -2.30. The number of rotatable bonds is 8. The van der Waals surface area contributed by atoms with E-state index in [2.05, 4.69) is 5.32 Å². The molecule has 0 radical (unpaired) electrons. The molecule has 0 atom stereocenters. The number of amides is 1. The Bertz CT molecular complexity index is 870. The van der Waals surface area contributed by atoms with Crippen LogP contribution in [0.15, 0.2) is 29.2 Å². The van der Waals surface area contributed by atoms with Crippen molar-refractivity contribution in [2.24, 2.45) is 0 Å². The predicted molar refractivity (Wildman–Crippen MR) is 114 cm³/mol. The molecule has 2 rings (SSSR count). The number of hydrogen-bond donors (Lipinski definition) is 2. The van der Waals surface area contributed by atoms with Gasteiger partial charge in [-0.1, -0.05) is 0 Å². The van der Waals surface area contributed by atoms with Crippen molar-refractivity contribution in [3.63, 3.8) is 0 Å². The third kappa shape index (κ3) is 9.18. The van der Waals surface area contributed by atoms with Gasteiger partial charge in [-0.05, 0) is 45.0 Å². The van der Waals surface area contributed by atoms with Crippen molar-refractivity contribution in [1.82, 2.24) is 14.5 Å². The maximum atomic E-state index is 13.0. The zero-order valence-electron chi connectivity index (χ0n) is 18.8. The highest BCUT2D eigenvalue weighted by Crippen LogP contribution is 2.22. The van der Waals surface area contributed by atoms with Gasteiger partial charge in [0.25, 0.3) is 0 Å². The molecule has 1 aromatic rings. The minimum absolute atomic E-state index is 0.000885. The minimum Gasteiger partial charge on any atom is -0.494 e. The molecule has 1 aliphatic heterocycles. The Balaban J connectivity index is 0.000000675. The average Bonchev–Trinajstić information content (AvgIpc) is 2.74. The van der Waals surface area contributed by atoms with Crippen LogP contribution in [0, 0.1) is 0 Å². The van der Waals surface area contributed by atoms with Crippen molar-refractivity contribution >= 4 is 21.9 Å². The number of piperazine rings is 1. The Morgan fingerprint density at radius 3 is 2.12 bits per heavy atom. The van der Waals surface area contributed by atoms with E-state index >= 15 is 0 Å². The Morgan fingerprint density at radius 2 is 1.70 bits per heavy atom. The zero-order valence-corrected chi connectivity index (χ0v) is 19.6. The highest BCUT2D eigenvalue weighted by molar-refractivity contribution is 7.89. The van der Waals surface area contributed by atoms with Gasteiger partial charge in [-0.3, -0.25) is 4.79 Å². The van der Waals surface area contributed by atoms with Crippen LogP contribution < -0.4 is 10.1 Å². The lowest BCUT2D eigenvalue weighted by Crippen LogP contribution is -2.47. The summed E-state index contributed by atoms with van der Waals surface area (Å²) in [7, 11) is -3.66. The van der Waals surface area contributed by atoms with Crippen LogP contribution in [0.1, 0.15) is 27.2 Å². The monoisotopic (exact) mass is 497 g/mol. The van der Waals surface area contributed by atoms with Crippen LogP contribution >= 0.6 is 0 Å². The Labute approximate surface area is 191 Å². The fourth-order valence-electron chi connectivity index (χ4n) is 2.94. The van der Waals surface area contributed by atoms with Crippen molar-refractivity contribution < 1.29 is 41.0 Å². The number of sulfonamides is 1. The lowest BCUT2D eigenvalue weighted by atomic mass is 10.3. The smallest absolute Gasteiger partial charge is 0.490 e. The van der Waals surface area contributed by atoms with Crippen molar-refractivity contribution in [3.8, 4) is 5.75 Å². The number of nitrogens with zero attached hydrogens (tertiary/aromatic N) is 2. The molecular formula is C20H30F3N3O6S. The first-order valence-electron chi connectivity index (χ1n) is 10.3. The van der Waals surface area contributed by atoms with Gasteiger partial charge < -0.3 is 20.1 Å². The van der Waals surface area contributed by atoms with E-state index in [-0.39, 0.29) is 29.8 Å². The number of nitrogens with one attached hydrogen (secondary N) is 1. The standard InChI is InChI=1S/C18H29N3O4S.C2HF3O2/c1-4-25-16-5-7-17(8-6-16)26(23,24)21(15(2)3)12-9-18(22)20-13-10-19-11-14-20;3-2(4,5)1(6)7/h5-8,15,19H,4,9-14H2,1-3H3;(H,6,7). The molecular weight excluding hydrogens is 467 g/mol. The van der Waals surface area contributed by atoms with Crippen molar-refractivity contribution in [2.45, 2.75) is 44.3 Å². The summed E-state index contributed by atoms with van der Waals surface area (Å²) in [4.78, 5) is 23.3. The topological polar surface area (TPSA) is 116 Å². The molecule has 0 aliphatic carbocycles. The van der Waals surface area contributed by atoms with Crippen molar-refractivity contribution in [2.75, 3.05) is 39.3 Å². The molecule has 1 fully saturated rings. The van der Waals surface area contributed by atoms with Crippen molar-refractivity contribution in [1.29, 1.82) is 0 Å². The summed E-state index contributed by atoms with van der Waals surface area (Å²) in [6.07, 6.45) is -4.89. The quantitative estimate of drug-likeness (QED) is 0.564. The molecule has 2 N–H and O–H groups in total. The van der Waals surface area contributed by atoms with Gasteiger partial charge >= 0.3 is 12.1 Å². The van der Waals surface area contributed by atoms with E-state index in [9.17, 15) is 26.4 Å².